The van der Waals surface area contributed by atoms with Gasteiger partial charge in [-0.2, -0.15) is 0 Å². The van der Waals surface area contributed by atoms with Crippen LogP contribution in [-0.2, 0) is 28.5 Å². The highest BCUT2D eigenvalue weighted by atomic mass is 28.3. The zero-order chi connectivity index (χ0) is 29.2. The van der Waals surface area contributed by atoms with Gasteiger partial charge in [0.2, 0.25) is 5.91 Å². The number of hydrogen-bond donors (Lipinski definition) is 0. The van der Waals surface area contributed by atoms with Crippen molar-refractivity contribution < 1.29 is 33.3 Å². The molecule has 41 heavy (non-hydrogen) atoms. The Morgan fingerprint density at radius 2 is 1.68 bits per heavy atom. The summed E-state index contributed by atoms with van der Waals surface area (Å²) in [5.41, 5.74) is 1.79. The first-order chi connectivity index (χ1) is 19.6. The van der Waals surface area contributed by atoms with Gasteiger partial charge in [-0.15, -0.1) is 0 Å². The summed E-state index contributed by atoms with van der Waals surface area (Å²) in [5, 5.41) is 0. The summed E-state index contributed by atoms with van der Waals surface area (Å²) in [6.07, 6.45) is 3.18. The summed E-state index contributed by atoms with van der Waals surface area (Å²) in [6.45, 7) is 9.25. The molecule has 3 heterocycles. The number of likely N-dealkylation sites (tertiary alicyclic amines) is 1. The lowest BCUT2D eigenvalue weighted by atomic mass is 9.86. The molecule has 2 amide bonds. The fraction of sp³-hybridized carbons (Fsp3) is 0.452. The highest BCUT2D eigenvalue weighted by Crippen LogP contribution is 2.41. The van der Waals surface area contributed by atoms with Gasteiger partial charge < -0.3 is 23.8 Å². The number of benzene rings is 2. The second-order valence-corrected chi connectivity index (χ2v) is 17.6. The van der Waals surface area contributed by atoms with E-state index in [1.54, 1.807) is 6.92 Å². The van der Waals surface area contributed by atoms with Gasteiger partial charge in [0.1, 0.15) is 12.6 Å². The summed E-state index contributed by atoms with van der Waals surface area (Å²) in [5.74, 6) is -2.36. The van der Waals surface area contributed by atoms with Crippen molar-refractivity contribution in [3.63, 3.8) is 0 Å². The number of β-lactam (4-membered cyclic amide) rings is 1. The third-order valence-electron chi connectivity index (χ3n) is 7.79. The summed E-state index contributed by atoms with van der Waals surface area (Å²) in [6, 6.07) is 16.8. The molecule has 9 nitrogen and oxygen atoms in total. The minimum Gasteiger partial charge on any atom is -0.464 e. The zero-order valence-corrected chi connectivity index (χ0v) is 25.0. The van der Waals surface area contributed by atoms with Crippen LogP contribution in [0.25, 0.3) is 6.08 Å². The topological polar surface area (TPSA) is 94.6 Å². The highest BCUT2D eigenvalue weighted by molar-refractivity contribution is 6.76. The quantitative estimate of drug-likeness (QED) is 0.233. The minimum atomic E-state index is -1.47. The summed E-state index contributed by atoms with van der Waals surface area (Å²) in [7, 11) is -1.47. The maximum atomic E-state index is 14.1. The average Bonchev–Trinajstić information content (AvgIpc) is 3.55. The maximum absolute atomic E-state index is 14.1. The van der Waals surface area contributed by atoms with E-state index in [1.807, 2.05) is 72.8 Å². The number of esters is 1. The summed E-state index contributed by atoms with van der Waals surface area (Å²) >= 11 is 0. The largest absolute Gasteiger partial charge is 0.464 e. The van der Waals surface area contributed by atoms with Crippen molar-refractivity contribution >= 4 is 32.1 Å². The Kier molecular flexibility index (Phi) is 8.35. The summed E-state index contributed by atoms with van der Waals surface area (Å²) in [4.78, 5) is 43.9. The predicted molar refractivity (Wildman–Crippen MR) is 155 cm³/mol. The molecule has 4 atom stereocenters. The van der Waals surface area contributed by atoms with Gasteiger partial charge in [0.15, 0.2) is 11.8 Å². The van der Waals surface area contributed by atoms with E-state index in [9.17, 15) is 14.4 Å². The lowest BCUT2D eigenvalue weighted by Gasteiger charge is -2.54. The van der Waals surface area contributed by atoms with Crippen LogP contribution < -0.4 is 0 Å². The van der Waals surface area contributed by atoms with Gasteiger partial charge in [0, 0.05) is 8.07 Å². The van der Waals surface area contributed by atoms with Crippen LogP contribution >= 0.6 is 0 Å². The van der Waals surface area contributed by atoms with E-state index in [0.29, 0.717) is 13.2 Å². The van der Waals surface area contributed by atoms with Crippen LogP contribution in [0.3, 0.4) is 0 Å². The first-order valence-electron chi connectivity index (χ1n) is 14.1. The van der Waals surface area contributed by atoms with Crippen molar-refractivity contribution in [2.24, 2.45) is 0 Å². The first-order valence-corrected chi connectivity index (χ1v) is 17.8. The highest BCUT2D eigenvalue weighted by Gasteiger charge is 2.63. The number of amides is 2. The van der Waals surface area contributed by atoms with Crippen molar-refractivity contribution in [3.05, 3.63) is 77.9 Å². The third-order valence-corrected chi connectivity index (χ3v) is 9.49. The van der Waals surface area contributed by atoms with Crippen LogP contribution in [0.2, 0.25) is 25.7 Å². The van der Waals surface area contributed by atoms with E-state index in [1.165, 1.54) is 9.80 Å². The Labute approximate surface area is 242 Å². The van der Waals surface area contributed by atoms with Gasteiger partial charge >= 0.3 is 12.1 Å². The van der Waals surface area contributed by atoms with Gasteiger partial charge in [-0.1, -0.05) is 92.5 Å². The molecule has 10 heteroatoms. The molecule has 3 aliphatic rings. The fourth-order valence-corrected chi connectivity index (χ4v) is 6.26. The smallest absolute Gasteiger partial charge is 0.411 e. The van der Waals surface area contributed by atoms with Crippen LogP contribution in [0.1, 0.15) is 24.1 Å². The molecule has 0 spiro atoms. The molecule has 5 rings (SSSR count). The predicted octanol–water partition coefficient (Wildman–Crippen LogP) is 4.49. The standard InChI is InChI=1S/C31H38N2O7Si/c1-31(39-17-18-40-31)27(29(35)37-19-20-41(2,3)4)33-24(16-15-22-11-7-5-8-12-22)26(28(33)34)32-25(21-38-30(32)36)23-13-9-6-10-14-23/h5-16,24-27H,17-21H2,1-4H3/b16-15+/t24-,25-,26+,27?/m1/s1. The van der Waals surface area contributed by atoms with E-state index >= 15 is 0 Å². The average molecular weight is 579 g/mol. The molecule has 0 radical (unpaired) electrons. The Bertz CT molecular complexity index is 1270. The van der Waals surface area contributed by atoms with Gasteiger partial charge in [-0.25, -0.2) is 9.59 Å². The molecule has 3 saturated heterocycles. The molecule has 0 aromatic heterocycles. The number of carbonyl (C=O) groups excluding carboxylic acids is 3. The molecular weight excluding hydrogens is 540 g/mol. The number of rotatable bonds is 10. The molecule has 1 unspecified atom stereocenters. The Morgan fingerprint density at radius 3 is 2.32 bits per heavy atom. The van der Waals surface area contributed by atoms with Crippen LogP contribution in [0.4, 0.5) is 4.79 Å². The lowest BCUT2D eigenvalue weighted by molar-refractivity contribution is -0.221. The SMILES string of the molecule is CC1(C(C(=O)OCC[Si](C)(C)C)N2C(=O)[C@@H](N3C(=O)OC[C@@H]3c3ccccc3)[C@H]2/C=C/c2ccccc2)OCCO1. The zero-order valence-electron chi connectivity index (χ0n) is 24.0. The van der Waals surface area contributed by atoms with E-state index in [0.717, 1.165) is 17.2 Å². The molecule has 0 bridgehead atoms. The molecule has 218 valence electrons. The third kappa shape index (κ3) is 6.09. The van der Waals surface area contributed by atoms with E-state index in [2.05, 4.69) is 19.6 Å². The Hall–Kier alpha value is -3.47. The van der Waals surface area contributed by atoms with Gasteiger partial charge in [0.05, 0.1) is 31.9 Å². The van der Waals surface area contributed by atoms with Crippen LogP contribution in [0.5, 0.6) is 0 Å². The van der Waals surface area contributed by atoms with Crippen molar-refractivity contribution in [1.29, 1.82) is 0 Å². The molecule has 0 saturated carbocycles. The second kappa shape index (κ2) is 11.8. The Balaban J connectivity index is 1.50. The van der Waals surface area contributed by atoms with Gasteiger partial charge in [-0.3, -0.25) is 9.69 Å². The van der Waals surface area contributed by atoms with Crippen LogP contribution in [0.15, 0.2) is 66.7 Å². The van der Waals surface area contributed by atoms with Gasteiger partial charge in [0.25, 0.3) is 0 Å². The van der Waals surface area contributed by atoms with Crippen molar-refractivity contribution in [3.8, 4) is 0 Å². The van der Waals surface area contributed by atoms with E-state index in [4.69, 9.17) is 18.9 Å². The first kappa shape index (κ1) is 29.0. The van der Waals surface area contributed by atoms with Gasteiger partial charge in [-0.05, 0) is 24.1 Å². The number of carbonyl (C=O) groups is 3. The van der Waals surface area contributed by atoms with Crippen LogP contribution in [0, 0.1) is 0 Å². The molecule has 2 aromatic carbocycles. The Morgan fingerprint density at radius 1 is 1.05 bits per heavy atom. The molecular formula is C31H38N2O7Si. The molecule has 2 aromatic rings. The minimum absolute atomic E-state index is 0.133. The molecule has 0 N–H and O–H groups in total. The molecule has 0 aliphatic carbocycles. The number of cyclic esters (lactones) is 1. The lowest BCUT2D eigenvalue weighted by Crippen LogP contribution is -2.76. The second-order valence-electron chi connectivity index (χ2n) is 12.0. The van der Waals surface area contributed by atoms with E-state index in [-0.39, 0.29) is 19.1 Å². The fourth-order valence-electron chi connectivity index (χ4n) is 5.55. The van der Waals surface area contributed by atoms with Crippen molar-refractivity contribution in [2.75, 3.05) is 26.4 Å². The van der Waals surface area contributed by atoms with Crippen molar-refractivity contribution in [1.82, 2.24) is 9.80 Å². The van der Waals surface area contributed by atoms with E-state index < -0.39 is 50.1 Å². The molecule has 3 fully saturated rings. The maximum Gasteiger partial charge on any atom is 0.411 e. The normalized spacial score (nSPS) is 24.8. The number of nitrogens with zero attached hydrogens (tertiary/aromatic N) is 2. The monoisotopic (exact) mass is 578 g/mol. The number of ether oxygens (including phenoxy) is 4. The summed E-state index contributed by atoms with van der Waals surface area (Å²) < 4.78 is 23.1. The van der Waals surface area contributed by atoms with Crippen LogP contribution in [-0.4, -0.2) is 86.2 Å². The van der Waals surface area contributed by atoms with Crippen molar-refractivity contribution in [2.45, 2.75) is 62.6 Å². The molecule has 3 aliphatic heterocycles. The number of hydrogen-bond acceptors (Lipinski definition) is 7.